The SMILES string of the molecule is CC[C@@H](C=NC)NC(=O)OCC1c2ccccc2-c2ccccc21. The lowest BCUT2D eigenvalue weighted by Crippen LogP contribution is -2.36. The van der Waals surface area contributed by atoms with Gasteiger partial charge in [0.1, 0.15) is 6.61 Å². The van der Waals surface area contributed by atoms with Crippen LogP contribution in [0.1, 0.15) is 30.4 Å². The van der Waals surface area contributed by atoms with Crippen LogP contribution in [0.5, 0.6) is 0 Å². The Labute approximate surface area is 142 Å². The number of rotatable bonds is 5. The van der Waals surface area contributed by atoms with Gasteiger partial charge in [0.15, 0.2) is 0 Å². The Morgan fingerprint density at radius 3 is 2.29 bits per heavy atom. The van der Waals surface area contributed by atoms with Crippen molar-refractivity contribution in [3.8, 4) is 11.1 Å². The second kappa shape index (κ2) is 7.30. The zero-order valence-corrected chi connectivity index (χ0v) is 14.0. The van der Waals surface area contributed by atoms with Crippen molar-refractivity contribution in [3.05, 3.63) is 59.7 Å². The number of amides is 1. The van der Waals surface area contributed by atoms with Crippen LogP contribution in [0.2, 0.25) is 0 Å². The van der Waals surface area contributed by atoms with Gasteiger partial charge >= 0.3 is 6.09 Å². The first kappa shape index (κ1) is 16.2. The van der Waals surface area contributed by atoms with E-state index in [1.807, 2.05) is 31.2 Å². The maximum atomic E-state index is 12.1. The van der Waals surface area contributed by atoms with Crippen molar-refractivity contribution in [1.29, 1.82) is 0 Å². The third-order valence-corrected chi connectivity index (χ3v) is 4.42. The lowest BCUT2D eigenvalue weighted by atomic mass is 9.98. The second-order valence-electron chi connectivity index (χ2n) is 5.89. The number of aliphatic imine (C=N–C) groups is 1. The van der Waals surface area contributed by atoms with Gasteiger partial charge in [-0.25, -0.2) is 4.79 Å². The molecular weight excluding hydrogens is 300 g/mol. The molecule has 24 heavy (non-hydrogen) atoms. The van der Waals surface area contributed by atoms with E-state index in [-0.39, 0.29) is 12.0 Å². The molecule has 3 rings (SSSR count). The molecular formula is C20H22N2O2. The van der Waals surface area contributed by atoms with Crippen molar-refractivity contribution >= 4 is 12.3 Å². The molecule has 1 N–H and O–H groups in total. The summed E-state index contributed by atoms with van der Waals surface area (Å²) in [5.41, 5.74) is 4.89. The standard InChI is InChI=1S/C20H22N2O2/c1-3-14(12-21-2)22-20(23)24-13-19-17-10-6-4-8-15(17)16-9-5-7-11-18(16)19/h4-12,14,19H,3,13H2,1-2H3,(H,22,23)/t14-/m0/s1. The largest absolute Gasteiger partial charge is 0.449 e. The molecule has 124 valence electrons. The molecule has 0 aromatic heterocycles. The molecule has 1 aliphatic rings. The Balaban J connectivity index is 1.73. The van der Waals surface area contributed by atoms with Crippen molar-refractivity contribution in [2.75, 3.05) is 13.7 Å². The minimum atomic E-state index is -0.399. The number of nitrogens with zero attached hydrogens (tertiary/aromatic N) is 1. The number of nitrogens with one attached hydrogen (secondary N) is 1. The van der Waals surface area contributed by atoms with Crippen LogP contribution in [0.3, 0.4) is 0 Å². The Morgan fingerprint density at radius 1 is 1.17 bits per heavy atom. The first-order valence-corrected chi connectivity index (χ1v) is 8.28. The van der Waals surface area contributed by atoms with Crippen molar-refractivity contribution < 1.29 is 9.53 Å². The number of carbonyl (C=O) groups is 1. The maximum absolute atomic E-state index is 12.1. The highest BCUT2D eigenvalue weighted by Gasteiger charge is 2.29. The van der Waals surface area contributed by atoms with Crippen LogP contribution in [-0.2, 0) is 4.74 Å². The molecule has 1 aliphatic carbocycles. The van der Waals surface area contributed by atoms with Crippen LogP contribution in [-0.4, -0.2) is 32.0 Å². The summed E-state index contributed by atoms with van der Waals surface area (Å²) in [5, 5.41) is 2.83. The summed E-state index contributed by atoms with van der Waals surface area (Å²) < 4.78 is 5.51. The van der Waals surface area contributed by atoms with Gasteiger partial charge in [-0.2, -0.15) is 0 Å². The lowest BCUT2D eigenvalue weighted by Gasteiger charge is -2.16. The normalized spacial score (nSPS) is 14.2. The monoisotopic (exact) mass is 322 g/mol. The van der Waals surface area contributed by atoms with E-state index in [9.17, 15) is 4.79 Å². The van der Waals surface area contributed by atoms with Gasteiger partial charge < -0.3 is 10.1 Å². The molecule has 2 aromatic carbocycles. The zero-order chi connectivity index (χ0) is 16.9. The molecule has 0 saturated carbocycles. The minimum absolute atomic E-state index is 0.0862. The Bertz CT molecular complexity index is 709. The zero-order valence-electron chi connectivity index (χ0n) is 14.0. The van der Waals surface area contributed by atoms with Crippen molar-refractivity contribution in [2.45, 2.75) is 25.3 Å². The third-order valence-electron chi connectivity index (χ3n) is 4.42. The molecule has 4 nitrogen and oxygen atoms in total. The van der Waals surface area contributed by atoms with E-state index in [0.717, 1.165) is 6.42 Å². The summed E-state index contributed by atoms with van der Waals surface area (Å²) in [6, 6.07) is 16.5. The molecule has 0 aliphatic heterocycles. The van der Waals surface area contributed by atoms with Gasteiger partial charge in [0.05, 0.1) is 6.04 Å². The number of hydrogen-bond donors (Lipinski definition) is 1. The van der Waals surface area contributed by atoms with E-state index in [1.54, 1.807) is 13.3 Å². The minimum Gasteiger partial charge on any atom is -0.449 e. The Kier molecular flexibility index (Phi) is 4.94. The third kappa shape index (κ3) is 3.18. The Hall–Kier alpha value is -2.62. The Morgan fingerprint density at radius 2 is 1.75 bits per heavy atom. The molecule has 2 aromatic rings. The maximum Gasteiger partial charge on any atom is 0.407 e. The van der Waals surface area contributed by atoms with E-state index in [2.05, 4.69) is 34.6 Å². The average Bonchev–Trinajstić information content (AvgIpc) is 2.93. The summed E-state index contributed by atoms with van der Waals surface area (Å²) in [6.45, 7) is 2.33. The van der Waals surface area contributed by atoms with Crippen LogP contribution in [0, 0.1) is 0 Å². The first-order chi connectivity index (χ1) is 11.7. The fraction of sp³-hybridized carbons (Fsp3) is 0.300. The summed E-state index contributed by atoms with van der Waals surface area (Å²) in [5.74, 6) is 0.0862. The average molecular weight is 322 g/mol. The van der Waals surface area contributed by atoms with E-state index < -0.39 is 6.09 Å². The highest BCUT2D eigenvalue weighted by Crippen LogP contribution is 2.44. The van der Waals surface area contributed by atoms with Crippen LogP contribution >= 0.6 is 0 Å². The lowest BCUT2D eigenvalue weighted by molar-refractivity contribution is 0.141. The van der Waals surface area contributed by atoms with Crippen molar-refractivity contribution in [3.63, 3.8) is 0 Å². The fourth-order valence-corrected chi connectivity index (χ4v) is 3.22. The quantitative estimate of drug-likeness (QED) is 0.846. The van der Waals surface area contributed by atoms with Gasteiger partial charge in [-0.05, 0) is 28.7 Å². The highest BCUT2D eigenvalue weighted by molar-refractivity contribution is 5.79. The van der Waals surface area contributed by atoms with Gasteiger partial charge in [0, 0.05) is 19.2 Å². The first-order valence-electron chi connectivity index (χ1n) is 8.28. The number of hydrogen-bond acceptors (Lipinski definition) is 3. The molecule has 0 unspecified atom stereocenters. The number of fused-ring (bicyclic) bond motifs is 3. The van der Waals surface area contributed by atoms with Gasteiger partial charge in [-0.1, -0.05) is 55.5 Å². The summed E-state index contributed by atoms with van der Waals surface area (Å²) in [4.78, 5) is 16.0. The van der Waals surface area contributed by atoms with Gasteiger partial charge in [-0.15, -0.1) is 0 Å². The number of carbonyl (C=O) groups excluding carboxylic acids is 1. The smallest absolute Gasteiger partial charge is 0.407 e. The van der Waals surface area contributed by atoms with E-state index in [4.69, 9.17) is 4.74 Å². The highest BCUT2D eigenvalue weighted by atomic mass is 16.5. The van der Waals surface area contributed by atoms with Gasteiger partial charge in [-0.3, -0.25) is 4.99 Å². The number of benzene rings is 2. The predicted octanol–water partition coefficient (Wildman–Crippen LogP) is 4.00. The van der Waals surface area contributed by atoms with Crippen LogP contribution in [0.25, 0.3) is 11.1 Å². The predicted molar refractivity (Wildman–Crippen MR) is 96.7 cm³/mol. The molecule has 1 amide bonds. The van der Waals surface area contributed by atoms with E-state index in [1.165, 1.54) is 22.3 Å². The molecule has 0 heterocycles. The molecule has 0 saturated heterocycles. The van der Waals surface area contributed by atoms with E-state index in [0.29, 0.717) is 6.61 Å². The van der Waals surface area contributed by atoms with Crippen molar-refractivity contribution in [2.24, 2.45) is 4.99 Å². The van der Waals surface area contributed by atoms with Crippen LogP contribution < -0.4 is 5.32 Å². The number of ether oxygens (including phenoxy) is 1. The fourth-order valence-electron chi connectivity index (χ4n) is 3.22. The summed E-state index contributed by atoms with van der Waals surface area (Å²) >= 11 is 0. The molecule has 4 heteroatoms. The van der Waals surface area contributed by atoms with Crippen LogP contribution in [0.4, 0.5) is 4.79 Å². The van der Waals surface area contributed by atoms with Gasteiger partial charge in [0.2, 0.25) is 0 Å². The topological polar surface area (TPSA) is 50.7 Å². The van der Waals surface area contributed by atoms with Crippen molar-refractivity contribution in [1.82, 2.24) is 5.32 Å². The molecule has 0 spiro atoms. The molecule has 0 radical (unpaired) electrons. The van der Waals surface area contributed by atoms with Crippen LogP contribution in [0.15, 0.2) is 53.5 Å². The molecule has 0 bridgehead atoms. The van der Waals surface area contributed by atoms with Gasteiger partial charge in [0.25, 0.3) is 0 Å². The molecule has 1 atom stereocenters. The second-order valence-corrected chi connectivity index (χ2v) is 5.89. The summed E-state index contributed by atoms with van der Waals surface area (Å²) in [6.07, 6.45) is 2.10. The summed E-state index contributed by atoms with van der Waals surface area (Å²) in [7, 11) is 1.70. The molecule has 0 fully saturated rings. The number of alkyl carbamates (subject to hydrolysis) is 1. The van der Waals surface area contributed by atoms with E-state index >= 15 is 0 Å².